The lowest BCUT2D eigenvalue weighted by Gasteiger charge is -2.24. The van der Waals surface area contributed by atoms with E-state index in [4.69, 9.17) is 0 Å². The zero-order chi connectivity index (χ0) is 16.0. The molecule has 0 aliphatic carbocycles. The number of Topliss-reactive ketones (excluding diaryl/α,β-unsaturated/α-hetero) is 1. The fourth-order valence-electron chi connectivity index (χ4n) is 1.79. The van der Waals surface area contributed by atoms with Crippen LogP contribution in [0.3, 0.4) is 0 Å². The highest BCUT2D eigenvalue weighted by Gasteiger charge is 2.34. The van der Waals surface area contributed by atoms with Gasteiger partial charge in [0.25, 0.3) is 11.8 Å². The Kier molecular flexibility index (Phi) is 5.82. The number of unbranched alkanes of at least 4 members (excludes halogenated alkanes) is 1. The lowest BCUT2D eigenvalue weighted by atomic mass is 9.90. The molecule has 0 radical (unpaired) electrons. The summed E-state index contributed by atoms with van der Waals surface area (Å²) in [6, 6.07) is 8.57. The third kappa shape index (κ3) is 4.52. The van der Waals surface area contributed by atoms with Crippen molar-refractivity contribution in [2.75, 3.05) is 6.54 Å². The van der Waals surface area contributed by atoms with Crippen molar-refractivity contribution in [3.8, 4) is 0 Å². The molecule has 0 saturated carbocycles. The van der Waals surface area contributed by atoms with Gasteiger partial charge >= 0.3 is 0 Å². The van der Waals surface area contributed by atoms with E-state index >= 15 is 0 Å². The van der Waals surface area contributed by atoms with Crippen molar-refractivity contribution >= 4 is 17.6 Å². The first kappa shape index (κ1) is 17.1. The molecule has 1 aromatic carbocycles. The fraction of sp³-hybridized carbons (Fsp3) is 0.471. The highest BCUT2D eigenvalue weighted by atomic mass is 16.2. The van der Waals surface area contributed by atoms with Gasteiger partial charge in [-0.25, -0.2) is 0 Å². The molecule has 114 valence electrons. The van der Waals surface area contributed by atoms with Crippen molar-refractivity contribution in [1.82, 2.24) is 4.90 Å². The van der Waals surface area contributed by atoms with Crippen LogP contribution < -0.4 is 0 Å². The summed E-state index contributed by atoms with van der Waals surface area (Å²) in [7, 11) is 0. The molecule has 21 heavy (non-hydrogen) atoms. The molecule has 0 fully saturated rings. The Labute approximate surface area is 126 Å². The molecule has 0 unspecified atom stereocenters. The van der Waals surface area contributed by atoms with Crippen LogP contribution in [-0.2, 0) is 9.59 Å². The molecule has 1 aromatic rings. The first-order chi connectivity index (χ1) is 9.79. The van der Waals surface area contributed by atoms with Gasteiger partial charge in [-0.15, -0.1) is 0 Å². The normalized spacial score (nSPS) is 11.0. The Morgan fingerprint density at radius 2 is 1.62 bits per heavy atom. The standard InChI is InChI=1S/C17H23NO3/c1-5-6-12-18(16(21)14(19)17(2,3)4)15(20)13-10-8-7-9-11-13/h7-11H,5-6,12H2,1-4H3. The van der Waals surface area contributed by atoms with Gasteiger partial charge in [0.1, 0.15) is 0 Å². The summed E-state index contributed by atoms with van der Waals surface area (Å²) in [6.07, 6.45) is 1.53. The Morgan fingerprint density at radius 1 is 1.05 bits per heavy atom. The van der Waals surface area contributed by atoms with Crippen molar-refractivity contribution in [1.29, 1.82) is 0 Å². The van der Waals surface area contributed by atoms with E-state index in [0.717, 1.165) is 11.3 Å². The van der Waals surface area contributed by atoms with Gasteiger partial charge in [-0.05, 0) is 18.6 Å². The van der Waals surface area contributed by atoms with Crippen LogP contribution in [-0.4, -0.2) is 29.0 Å². The first-order valence-corrected chi connectivity index (χ1v) is 7.24. The second-order valence-electron chi connectivity index (χ2n) is 6.06. The third-order valence-electron chi connectivity index (χ3n) is 3.12. The molecule has 2 amide bonds. The van der Waals surface area contributed by atoms with Crippen LogP contribution in [0.1, 0.15) is 50.9 Å². The van der Waals surface area contributed by atoms with Crippen LogP contribution in [0.5, 0.6) is 0 Å². The molecule has 0 aromatic heterocycles. The Balaban J connectivity index is 3.03. The van der Waals surface area contributed by atoms with Gasteiger partial charge in [0.05, 0.1) is 0 Å². The van der Waals surface area contributed by atoms with Gasteiger partial charge < -0.3 is 0 Å². The Bertz CT molecular complexity index is 515. The topological polar surface area (TPSA) is 54.5 Å². The predicted octanol–water partition coefficient (Wildman–Crippen LogP) is 3.07. The highest BCUT2D eigenvalue weighted by Crippen LogP contribution is 2.17. The number of ketones is 1. The van der Waals surface area contributed by atoms with E-state index in [2.05, 4.69) is 0 Å². The number of hydrogen-bond acceptors (Lipinski definition) is 3. The summed E-state index contributed by atoms with van der Waals surface area (Å²) in [5, 5.41) is 0. The molecule has 0 N–H and O–H groups in total. The quantitative estimate of drug-likeness (QED) is 0.783. The van der Waals surface area contributed by atoms with E-state index in [1.807, 2.05) is 6.92 Å². The van der Waals surface area contributed by atoms with Crippen molar-refractivity contribution < 1.29 is 14.4 Å². The minimum Gasteiger partial charge on any atom is -0.288 e. The summed E-state index contributed by atoms with van der Waals surface area (Å²) in [5.74, 6) is -1.67. The summed E-state index contributed by atoms with van der Waals surface area (Å²) >= 11 is 0. The van der Waals surface area contributed by atoms with Crippen molar-refractivity contribution in [3.63, 3.8) is 0 Å². The average molecular weight is 289 g/mol. The second-order valence-corrected chi connectivity index (χ2v) is 6.06. The van der Waals surface area contributed by atoms with Gasteiger partial charge in [0, 0.05) is 17.5 Å². The maximum Gasteiger partial charge on any atom is 0.297 e. The van der Waals surface area contributed by atoms with Crippen LogP contribution in [0.15, 0.2) is 30.3 Å². The minimum atomic E-state index is -0.793. The van der Waals surface area contributed by atoms with Crippen molar-refractivity contribution in [2.45, 2.75) is 40.5 Å². The van der Waals surface area contributed by atoms with E-state index in [0.29, 0.717) is 12.0 Å². The summed E-state index contributed by atoms with van der Waals surface area (Å²) in [5.41, 5.74) is -0.373. The van der Waals surface area contributed by atoms with Crippen LogP contribution in [0, 0.1) is 5.41 Å². The smallest absolute Gasteiger partial charge is 0.288 e. The minimum absolute atomic E-state index is 0.269. The molecule has 0 aliphatic heterocycles. The maximum absolute atomic E-state index is 12.5. The van der Waals surface area contributed by atoms with Crippen LogP contribution >= 0.6 is 0 Å². The van der Waals surface area contributed by atoms with E-state index < -0.39 is 23.0 Å². The number of rotatable bonds is 5. The number of carbonyl (C=O) groups is 3. The molecule has 1 rings (SSSR count). The molecule has 0 bridgehead atoms. The fourth-order valence-corrected chi connectivity index (χ4v) is 1.79. The van der Waals surface area contributed by atoms with E-state index in [1.54, 1.807) is 51.1 Å². The molecule has 0 spiro atoms. The number of imide groups is 1. The van der Waals surface area contributed by atoms with Crippen molar-refractivity contribution in [2.24, 2.45) is 5.41 Å². The van der Waals surface area contributed by atoms with Gasteiger partial charge in [0.2, 0.25) is 5.78 Å². The summed E-state index contributed by atoms with van der Waals surface area (Å²) in [4.78, 5) is 38.1. The maximum atomic E-state index is 12.5. The molecule has 0 heterocycles. The largest absolute Gasteiger partial charge is 0.297 e. The molecular formula is C17H23NO3. The number of benzene rings is 1. The van der Waals surface area contributed by atoms with Crippen LogP contribution in [0.4, 0.5) is 0 Å². The van der Waals surface area contributed by atoms with E-state index in [-0.39, 0.29) is 6.54 Å². The summed E-state index contributed by atoms with van der Waals surface area (Å²) in [6.45, 7) is 7.28. The third-order valence-corrected chi connectivity index (χ3v) is 3.12. The zero-order valence-electron chi connectivity index (χ0n) is 13.2. The highest BCUT2D eigenvalue weighted by molar-refractivity contribution is 6.40. The molecule has 0 saturated heterocycles. The summed E-state index contributed by atoms with van der Waals surface area (Å²) < 4.78 is 0. The first-order valence-electron chi connectivity index (χ1n) is 7.24. The zero-order valence-corrected chi connectivity index (χ0v) is 13.2. The van der Waals surface area contributed by atoms with Crippen LogP contribution in [0.2, 0.25) is 0 Å². The Hall–Kier alpha value is -1.97. The van der Waals surface area contributed by atoms with E-state index in [9.17, 15) is 14.4 Å². The molecule has 4 heteroatoms. The van der Waals surface area contributed by atoms with Gasteiger partial charge in [-0.2, -0.15) is 0 Å². The predicted molar refractivity (Wildman–Crippen MR) is 81.9 cm³/mol. The van der Waals surface area contributed by atoms with Crippen LogP contribution in [0.25, 0.3) is 0 Å². The molecular weight excluding hydrogens is 266 g/mol. The van der Waals surface area contributed by atoms with Gasteiger partial charge in [0.15, 0.2) is 0 Å². The van der Waals surface area contributed by atoms with Gasteiger partial charge in [-0.1, -0.05) is 52.3 Å². The number of carbonyl (C=O) groups excluding carboxylic acids is 3. The molecule has 0 atom stereocenters. The number of hydrogen-bond donors (Lipinski definition) is 0. The van der Waals surface area contributed by atoms with Crippen molar-refractivity contribution in [3.05, 3.63) is 35.9 Å². The molecule has 4 nitrogen and oxygen atoms in total. The SMILES string of the molecule is CCCCN(C(=O)C(=O)C(C)(C)C)C(=O)c1ccccc1. The lowest BCUT2D eigenvalue weighted by Crippen LogP contribution is -2.45. The number of amides is 2. The molecule has 0 aliphatic rings. The second kappa shape index (κ2) is 7.16. The number of nitrogens with zero attached hydrogens (tertiary/aromatic N) is 1. The Morgan fingerprint density at radius 3 is 2.10 bits per heavy atom. The van der Waals surface area contributed by atoms with Gasteiger partial charge in [-0.3, -0.25) is 19.3 Å². The monoisotopic (exact) mass is 289 g/mol. The average Bonchev–Trinajstić information content (AvgIpc) is 2.46. The lowest BCUT2D eigenvalue weighted by molar-refractivity contribution is -0.147. The van der Waals surface area contributed by atoms with E-state index in [1.165, 1.54) is 0 Å².